The van der Waals surface area contributed by atoms with Gasteiger partial charge >= 0.3 is 17.9 Å². The monoisotopic (exact) mass is 528 g/mol. The van der Waals surface area contributed by atoms with E-state index in [1.54, 1.807) is 6.07 Å². The van der Waals surface area contributed by atoms with Crippen molar-refractivity contribution < 1.29 is 33.0 Å². The van der Waals surface area contributed by atoms with Crippen LogP contribution in [0, 0.1) is 11.8 Å². The van der Waals surface area contributed by atoms with Crippen molar-refractivity contribution in [2.75, 3.05) is 0 Å². The van der Waals surface area contributed by atoms with Crippen molar-refractivity contribution in [3.8, 4) is 11.5 Å². The largest absolute Gasteiger partial charge is 0.459 e. The van der Waals surface area contributed by atoms with Gasteiger partial charge in [0, 0.05) is 26.3 Å². The molecule has 202 valence electrons. The Bertz CT molecular complexity index is 1100. The van der Waals surface area contributed by atoms with E-state index < -0.39 is 26.2 Å². The Morgan fingerprint density at radius 1 is 1.00 bits per heavy atom. The number of hydrogen-bond donors (Lipinski definition) is 0. The van der Waals surface area contributed by atoms with Gasteiger partial charge in [0.2, 0.25) is 0 Å². The fraction of sp³-hybridized carbons (Fsp3) is 0.552. The minimum absolute atomic E-state index is 0.00444. The van der Waals surface area contributed by atoms with Crippen molar-refractivity contribution in [1.82, 2.24) is 0 Å². The first-order valence-electron chi connectivity index (χ1n) is 12.9. The summed E-state index contributed by atoms with van der Waals surface area (Å²) in [6, 6.07) is 3.01. The quantitative estimate of drug-likeness (QED) is 0.262. The molecule has 1 heterocycles. The molecular formula is C29H40O7Si. The summed E-state index contributed by atoms with van der Waals surface area (Å²) in [5, 5.41) is -0.0311. The third-order valence-corrected chi connectivity index (χ3v) is 11.8. The molecule has 1 fully saturated rings. The number of rotatable bonds is 4. The summed E-state index contributed by atoms with van der Waals surface area (Å²) in [5.41, 5.74) is 0.668. The van der Waals surface area contributed by atoms with Gasteiger partial charge in [0.15, 0.2) is 8.32 Å². The summed E-state index contributed by atoms with van der Waals surface area (Å²) in [7, 11) is -2.20. The Labute approximate surface area is 221 Å². The number of benzene rings is 1. The number of carbonyl (C=O) groups is 3. The molecule has 1 aliphatic carbocycles. The maximum atomic E-state index is 13.5. The van der Waals surface area contributed by atoms with Crippen molar-refractivity contribution in [1.29, 1.82) is 0 Å². The van der Waals surface area contributed by atoms with E-state index >= 15 is 0 Å². The molecule has 0 bridgehead atoms. The molecule has 37 heavy (non-hydrogen) atoms. The van der Waals surface area contributed by atoms with Crippen LogP contribution in [0.5, 0.6) is 11.5 Å². The van der Waals surface area contributed by atoms with Gasteiger partial charge in [-0.05, 0) is 61.4 Å². The Kier molecular flexibility index (Phi) is 8.85. The topological polar surface area (TPSA) is 88.1 Å². The minimum atomic E-state index is -2.20. The first-order valence-corrected chi connectivity index (χ1v) is 15.8. The molecule has 0 radical (unpaired) electrons. The zero-order valence-corrected chi connectivity index (χ0v) is 24.3. The average Bonchev–Trinajstić information content (AvgIpc) is 3.45. The number of cyclic esters (lactones) is 1. The molecule has 7 nitrogen and oxygen atoms in total. The summed E-state index contributed by atoms with van der Waals surface area (Å²) < 4.78 is 23.4. The van der Waals surface area contributed by atoms with Crippen molar-refractivity contribution >= 4 is 26.2 Å². The normalized spacial score (nSPS) is 26.0. The lowest BCUT2D eigenvalue weighted by atomic mass is 9.99. The van der Waals surface area contributed by atoms with Gasteiger partial charge in [-0.3, -0.25) is 9.59 Å². The number of fused-ring (bicyclic) bond motifs is 2. The Hall–Kier alpha value is -2.71. The van der Waals surface area contributed by atoms with Crippen molar-refractivity contribution in [3.05, 3.63) is 47.6 Å². The summed E-state index contributed by atoms with van der Waals surface area (Å²) >= 11 is 0. The van der Waals surface area contributed by atoms with E-state index in [9.17, 15) is 14.4 Å². The molecule has 8 heteroatoms. The molecule has 0 spiro atoms. The second-order valence-electron chi connectivity index (χ2n) is 11.6. The Morgan fingerprint density at radius 3 is 2.27 bits per heavy atom. The predicted molar refractivity (Wildman–Crippen MR) is 144 cm³/mol. The molecule has 3 rings (SSSR count). The molecule has 0 saturated heterocycles. The molecular weight excluding hydrogens is 488 g/mol. The van der Waals surface area contributed by atoms with Crippen molar-refractivity contribution in [2.45, 2.75) is 91.1 Å². The van der Waals surface area contributed by atoms with Gasteiger partial charge in [-0.1, -0.05) is 45.1 Å². The highest BCUT2D eigenvalue weighted by atomic mass is 28.4. The first kappa shape index (κ1) is 28.9. The lowest BCUT2D eigenvalue weighted by Crippen LogP contribution is -2.44. The van der Waals surface area contributed by atoms with Crippen LogP contribution < -0.4 is 9.47 Å². The Balaban J connectivity index is 2.14. The second kappa shape index (κ2) is 11.4. The van der Waals surface area contributed by atoms with Gasteiger partial charge in [0.1, 0.15) is 17.1 Å². The van der Waals surface area contributed by atoms with Crippen molar-refractivity contribution in [3.63, 3.8) is 0 Å². The van der Waals surface area contributed by atoms with Crippen LogP contribution in [0.2, 0.25) is 18.1 Å². The summed E-state index contributed by atoms with van der Waals surface area (Å²) in [4.78, 5) is 37.2. The van der Waals surface area contributed by atoms with Gasteiger partial charge in [-0.2, -0.15) is 0 Å². The van der Waals surface area contributed by atoms with Gasteiger partial charge < -0.3 is 18.6 Å². The number of allylic oxidation sites excluding steroid dienone is 3. The molecule has 1 aromatic carbocycles. The molecule has 1 aliphatic heterocycles. The highest BCUT2D eigenvalue weighted by molar-refractivity contribution is 6.74. The van der Waals surface area contributed by atoms with Crippen LogP contribution in [0.25, 0.3) is 0 Å². The van der Waals surface area contributed by atoms with E-state index in [1.165, 1.54) is 19.9 Å². The van der Waals surface area contributed by atoms with Crippen LogP contribution in [0.4, 0.5) is 0 Å². The van der Waals surface area contributed by atoms with Crippen LogP contribution >= 0.6 is 0 Å². The Morgan fingerprint density at radius 2 is 1.65 bits per heavy atom. The summed E-state index contributed by atoms with van der Waals surface area (Å²) in [6.45, 7) is 15.3. The fourth-order valence-corrected chi connectivity index (χ4v) is 5.58. The molecule has 0 amide bonds. The fourth-order valence-electron chi connectivity index (χ4n) is 4.31. The zero-order chi connectivity index (χ0) is 27.5. The molecule has 4 atom stereocenters. The minimum Gasteiger partial charge on any atom is -0.459 e. The summed E-state index contributed by atoms with van der Waals surface area (Å²) in [5.74, 6) is -0.568. The smallest absolute Gasteiger partial charge is 0.342 e. The van der Waals surface area contributed by atoms with E-state index in [0.29, 0.717) is 23.8 Å². The third kappa shape index (κ3) is 7.88. The van der Waals surface area contributed by atoms with Gasteiger partial charge in [0.05, 0.1) is 12.2 Å². The second-order valence-corrected chi connectivity index (χ2v) is 16.4. The molecule has 1 aromatic rings. The van der Waals surface area contributed by atoms with Crippen LogP contribution in [-0.2, 0) is 25.2 Å². The van der Waals surface area contributed by atoms with Gasteiger partial charge in [-0.25, -0.2) is 4.79 Å². The van der Waals surface area contributed by atoms with Crippen LogP contribution in [0.15, 0.2) is 36.4 Å². The van der Waals surface area contributed by atoms with E-state index in [2.05, 4.69) is 46.0 Å². The number of hydrogen-bond acceptors (Lipinski definition) is 7. The zero-order valence-electron chi connectivity index (χ0n) is 23.3. The maximum Gasteiger partial charge on any atom is 0.342 e. The standard InChI is InChI=1S/C29H40O7Si/c1-18-13-22-14-21(22)11-9-10-12-24(36-37(7,8)29(4,5)6)15-23-16-25(34-19(2)30)17-26(35-20(3)31)27(23)28(32)33-18/h9-12,16-18,21-22,24H,13-15H2,1-8H3/b11-9-,12-10+/t18-,21+,22+,24?/m1/s1. The molecule has 0 aromatic heterocycles. The number of carbonyl (C=O) groups excluding carboxylic acids is 3. The van der Waals surface area contributed by atoms with E-state index in [0.717, 1.165) is 12.8 Å². The van der Waals surface area contributed by atoms with Crippen molar-refractivity contribution in [2.24, 2.45) is 11.8 Å². The highest BCUT2D eigenvalue weighted by Gasteiger charge is 2.40. The third-order valence-electron chi connectivity index (χ3n) is 7.27. The predicted octanol–water partition coefficient (Wildman–Crippen LogP) is 6.17. The van der Waals surface area contributed by atoms with Crippen LogP contribution in [-0.4, -0.2) is 38.4 Å². The van der Waals surface area contributed by atoms with E-state index in [4.69, 9.17) is 18.6 Å². The van der Waals surface area contributed by atoms with Gasteiger partial charge in [0.25, 0.3) is 0 Å². The lowest BCUT2D eigenvalue weighted by molar-refractivity contribution is -0.132. The summed E-state index contributed by atoms with van der Waals surface area (Å²) in [6.07, 6.45) is 9.72. The molecule has 1 unspecified atom stereocenters. The lowest BCUT2D eigenvalue weighted by Gasteiger charge is -2.38. The number of ether oxygens (including phenoxy) is 3. The molecule has 1 saturated carbocycles. The van der Waals surface area contributed by atoms with Crippen LogP contribution in [0.3, 0.4) is 0 Å². The molecule has 0 N–H and O–H groups in total. The average molecular weight is 529 g/mol. The van der Waals surface area contributed by atoms with Crippen LogP contribution in [0.1, 0.15) is 70.3 Å². The van der Waals surface area contributed by atoms with E-state index in [1.807, 2.05) is 19.1 Å². The number of esters is 3. The van der Waals surface area contributed by atoms with Gasteiger partial charge in [-0.15, -0.1) is 0 Å². The highest BCUT2D eigenvalue weighted by Crippen LogP contribution is 2.44. The first-order chi connectivity index (χ1) is 17.2. The van der Waals surface area contributed by atoms with E-state index in [-0.39, 0.29) is 34.3 Å². The maximum absolute atomic E-state index is 13.5. The SMILES string of the molecule is CC(=O)Oc1cc2c(c(OC(C)=O)c1)C(=O)O[C@H](C)C[C@H]1C[C@@H]1/C=C\C=C\C(O[Si](C)(C)C(C)(C)C)C2. The molecule has 2 aliphatic rings.